The number of hydrogen-bond donors (Lipinski definition) is 0. The first kappa shape index (κ1) is 14.1. The van der Waals surface area contributed by atoms with Gasteiger partial charge in [-0.2, -0.15) is 0 Å². The third-order valence-corrected chi connectivity index (χ3v) is 4.22. The zero-order chi connectivity index (χ0) is 13.8. The lowest BCUT2D eigenvalue weighted by Gasteiger charge is -2.33. The molecule has 1 fully saturated rings. The number of carbonyl (C=O) groups excluding carboxylic acids is 2. The number of aldehydes is 1. The molecule has 6 nitrogen and oxygen atoms in total. The highest BCUT2D eigenvalue weighted by Crippen LogP contribution is 2.28. The molecule has 1 aliphatic heterocycles. The first-order valence-corrected chi connectivity index (χ1v) is 7.13. The van der Waals surface area contributed by atoms with Crippen LogP contribution < -0.4 is 4.90 Å². The van der Waals surface area contributed by atoms with Crippen LogP contribution in [0.4, 0.5) is 9.93 Å². The van der Waals surface area contributed by atoms with E-state index >= 15 is 0 Å². The SMILES string of the molecule is CCOC(=O)N1CCN(c2nc(Cl)c(C=O)s2)CC1. The molecule has 0 spiro atoms. The molecule has 0 radical (unpaired) electrons. The van der Waals surface area contributed by atoms with E-state index in [4.69, 9.17) is 16.3 Å². The lowest BCUT2D eigenvalue weighted by Crippen LogP contribution is -2.48. The molecule has 0 aromatic carbocycles. The number of hydrogen-bond acceptors (Lipinski definition) is 6. The Balaban J connectivity index is 1.95. The van der Waals surface area contributed by atoms with Crippen molar-refractivity contribution in [3.8, 4) is 0 Å². The van der Waals surface area contributed by atoms with Crippen molar-refractivity contribution in [1.82, 2.24) is 9.88 Å². The number of thiazole rings is 1. The Morgan fingerprint density at radius 2 is 2.16 bits per heavy atom. The van der Waals surface area contributed by atoms with E-state index in [2.05, 4.69) is 4.98 Å². The maximum absolute atomic E-state index is 11.6. The number of piperazine rings is 1. The van der Waals surface area contributed by atoms with Crippen LogP contribution in [0.15, 0.2) is 0 Å². The minimum absolute atomic E-state index is 0.239. The number of rotatable bonds is 3. The summed E-state index contributed by atoms with van der Waals surface area (Å²) in [6, 6.07) is 0. The van der Waals surface area contributed by atoms with Crippen LogP contribution in [0, 0.1) is 0 Å². The number of ether oxygens (including phenoxy) is 1. The number of carbonyl (C=O) groups is 2. The summed E-state index contributed by atoms with van der Waals surface area (Å²) in [5, 5.41) is 0.957. The molecule has 104 valence electrons. The second-order valence-electron chi connectivity index (χ2n) is 3.94. The van der Waals surface area contributed by atoms with Crippen molar-refractivity contribution in [2.75, 3.05) is 37.7 Å². The van der Waals surface area contributed by atoms with Crippen molar-refractivity contribution >= 4 is 40.4 Å². The molecule has 1 amide bonds. The van der Waals surface area contributed by atoms with Crippen LogP contribution in [0.2, 0.25) is 5.15 Å². The van der Waals surface area contributed by atoms with Gasteiger partial charge < -0.3 is 14.5 Å². The fraction of sp³-hybridized carbons (Fsp3) is 0.545. The largest absolute Gasteiger partial charge is 0.450 e. The number of amides is 1. The van der Waals surface area contributed by atoms with E-state index in [9.17, 15) is 9.59 Å². The molecule has 2 heterocycles. The Kier molecular flexibility index (Phi) is 4.60. The summed E-state index contributed by atoms with van der Waals surface area (Å²) >= 11 is 7.11. The van der Waals surface area contributed by atoms with Gasteiger partial charge in [0.15, 0.2) is 16.6 Å². The molecule has 0 N–H and O–H groups in total. The highest BCUT2D eigenvalue weighted by atomic mass is 35.5. The van der Waals surface area contributed by atoms with Gasteiger partial charge >= 0.3 is 6.09 Å². The maximum atomic E-state index is 11.6. The monoisotopic (exact) mass is 303 g/mol. The zero-order valence-electron chi connectivity index (χ0n) is 10.5. The van der Waals surface area contributed by atoms with E-state index in [-0.39, 0.29) is 11.2 Å². The van der Waals surface area contributed by atoms with E-state index in [0.717, 1.165) is 5.13 Å². The molecule has 1 aromatic rings. The molecule has 1 aliphatic rings. The molecule has 19 heavy (non-hydrogen) atoms. The third kappa shape index (κ3) is 3.16. The van der Waals surface area contributed by atoms with Crippen LogP contribution in [0.5, 0.6) is 0 Å². The van der Waals surface area contributed by atoms with Gasteiger partial charge in [0.25, 0.3) is 0 Å². The first-order valence-electron chi connectivity index (χ1n) is 5.93. The standard InChI is InChI=1S/C11H14ClN3O3S/c1-2-18-11(17)15-5-3-14(4-6-15)10-13-9(12)8(7-16)19-10/h7H,2-6H2,1H3. The molecule has 0 saturated carbocycles. The van der Waals surface area contributed by atoms with Gasteiger partial charge in [-0.3, -0.25) is 4.79 Å². The summed E-state index contributed by atoms with van der Waals surface area (Å²) in [7, 11) is 0. The predicted molar refractivity (Wildman–Crippen MR) is 73.3 cm³/mol. The maximum Gasteiger partial charge on any atom is 0.409 e. The van der Waals surface area contributed by atoms with Gasteiger partial charge in [-0.05, 0) is 6.92 Å². The fourth-order valence-corrected chi connectivity index (χ4v) is 2.92. The number of halogens is 1. The topological polar surface area (TPSA) is 62.7 Å². The van der Waals surface area contributed by atoms with E-state index in [1.807, 2.05) is 4.90 Å². The van der Waals surface area contributed by atoms with Crippen molar-refractivity contribution in [2.24, 2.45) is 0 Å². The summed E-state index contributed by atoms with van der Waals surface area (Å²) in [4.78, 5) is 30.6. The van der Waals surface area contributed by atoms with Crippen molar-refractivity contribution in [1.29, 1.82) is 0 Å². The van der Waals surface area contributed by atoms with Crippen LogP contribution in [0.1, 0.15) is 16.6 Å². The van der Waals surface area contributed by atoms with Crippen molar-refractivity contribution in [3.63, 3.8) is 0 Å². The number of nitrogens with zero attached hydrogens (tertiary/aromatic N) is 3. The Hall–Kier alpha value is -1.34. The van der Waals surface area contributed by atoms with Crippen LogP contribution in [-0.2, 0) is 4.74 Å². The van der Waals surface area contributed by atoms with Gasteiger partial charge in [-0.1, -0.05) is 22.9 Å². The Bertz CT molecular complexity index is 472. The van der Waals surface area contributed by atoms with Crippen molar-refractivity contribution in [3.05, 3.63) is 10.0 Å². The average Bonchev–Trinajstić information content (AvgIpc) is 2.80. The molecule has 0 bridgehead atoms. The van der Waals surface area contributed by atoms with Gasteiger partial charge in [-0.25, -0.2) is 9.78 Å². The average molecular weight is 304 g/mol. The Morgan fingerprint density at radius 1 is 1.47 bits per heavy atom. The molecule has 0 aliphatic carbocycles. The predicted octanol–water partition coefficient (Wildman–Crippen LogP) is 1.89. The lowest BCUT2D eigenvalue weighted by molar-refractivity contribution is 0.105. The Labute approximate surface area is 119 Å². The van der Waals surface area contributed by atoms with Crippen LogP contribution in [-0.4, -0.2) is 55.0 Å². The first-order chi connectivity index (χ1) is 9.15. The van der Waals surface area contributed by atoms with Crippen LogP contribution >= 0.6 is 22.9 Å². The summed E-state index contributed by atoms with van der Waals surface area (Å²) < 4.78 is 4.95. The van der Waals surface area contributed by atoms with Gasteiger partial charge in [0.05, 0.1) is 6.61 Å². The van der Waals surface area contributed by atoms with E-state index in [1.165, 1.54) is 11.3 Å². The summed E-state index contributed by atoms with van der Waals surface area (Å²) in [5.74, 6) is 0. The number of aromatic nitrogens is 1. The quantitative estimate of drug-likeness (QED) is 0.798. The minimum atomic E-state index is -0.284. The number of anilines is 1. The van der Waals surface area contributed by atoms with Gasteiger partial charge in [0, 0.05) is 26.2 Å². The van der Waals surface area contributed by atoms with Crippen LogP contribution in [0.25, 0.3) is 0 Å². The molecule has 1 aromatic heterocycles. The smallest absolute Gasteiger partial charge is 0.409 e. The molecule has 0 atom stereocenters. The normalized spacial score (nSPS) is 15.5. The third-order valence-electron chi connectivity index (χ3n) is 2.78. The molecular formula is C11H14ClN3O3S. The lowest BCUT2D eigenvalue weighted by atomic mass is 10.3. The molecule has 8 heteroatoms. The van der Waals surface area contributed by atoms with Crippen molar-refractivity contribution < 1.29 is 14.3 Å². The van der Waals surface area contributed by atoms with Crippen molar-refractivity contribution in [2.45, 2.75) is 6.92 Å². The molecule has 2 rings (SSSR count). The summed E-state index contributed by atoms with van der Waals surface area (Å²) in [6.07, 6.45) is 0.422. The summed E-state index contributed by atoms with van der Waals surface area (Å²) in [5.41, 5.74) is 0. The highest BCUT2D eigenvalue weighted by molar-refractivity contribution is 7.17. The van der Waals surface area contributed by atoms with Crippen LogP contribution in [0.3, 0.4) is 0 Å². The molecule has 1 saturated heterocycles. The van der Waals surface area contributed by atoms with Gasteiger partial charge in [0.1, 0.15) is 4.88 Å². The van der Waals surface area contributed by atoms with E-state index in [0.29, 0.717) is 43.9 Å². The summed E-state index contributed by atoms with van der Waals surface area (Å²) in [6.45, 7) is 4.62. The van der Waals surface area contributed by atoms with E-state index < -0.39 is 0 Å². The Morgan fingerprint density at radius 3 is 2.68 bits per heavy atom. The van der Waals surface area contributed by atoms with Gasteiger partial charge in [0.2, 0.25) is 0 Å². The highest BCUT2D eigenvalue weighted by Gasteiger charge is 2.24. The fourth-order valence-electron chi connectivity index (χ4n) is 1.81. The minimum Gasteiger partial charge on any atom is -0.450 e. The van der Waals surface area contributed by atoms with E-state index in [1.54, 1.807) is 11.8 Å². The zero-order valence-corrected chi connectivity index (χ0v) is 12.0. The molecule has 0 unspecified atom stereocenters. The van der Waals surface area contributed by atoms with Gasteiger partial charge in [-0.15, -0.1) is 0 Å². The second kappa shape index (κ2) is 6.21. The second-order valence-corrected chi connectivity index (χ2v) is 5.31. The molecular weight excluding hydrogens is 290 g/mol.